The normalized spacial score (nSPS) is 16.2. The van der Waals surface area contributed by atoms with E-state index in [1.165, 1.54) is 12.1 Å². The maximum absolute atomic E-state index is 12.3. The summed E-state index contributed by atoms with van der Waals surface area (Å²) in [5.41, 5.74) is 0.977. The average molecular weight is 320 g/mol. The number of nitro benzene ring substituents is 1. The van der Waals surface area contributed by atoms with Gasteiger partial charge in [-0.2, -0.15) is 0 Å². The molecule has 0 heterocycles. The number of hydrogen-bond acceptors (Lipinski definition) is 5. The molecule has 1 aliphatic rings. The second-order valence-electron chi connectivity index (χ2n) is 5.99. The van der Waals surface area contributed by atoms with Crippen LogP contribution in [0.25, 0.3) is 0 Å². The predicted molar refractivity (Wildman–Crippen MR) is 87.0 cm³/mol. The molecule has 1 unspecified atom stereocenters. The summed E-state index contributed by atoms with van der Waals surface area (Å²) in [7, 11) is 0. The molecule has 1 atom stereocenters. The Balaban J connectivity index is 1.87. The molecule has 126 valence electrons. The number of rotatable bonds is 8. The molecule has 1 aromatic rings. The highest BCUT2D eigenvalue weighted by atomic mass is 16.6. The zero-order valence-corrected chi connectivity index (χ0v) is 13.5. The van der Waals surface area contributed by atoms with Crippen LogP contribution in [-0.2, 0) is 16.1 Å². The van der Waals surface area contributed by atoms with E-state index in [-0.39, 0.29) is 23.8 Å². The third-order valence-corrected chi connectivity index (χ3v) is 4.15. The van der Waals surface area contributed by atoms with Crippen molar-refractivity contribution in [3.8, 4) is 0 Å². The van der Waals surface area contributed by atoms with Crippen molar-refractivity contribution in [1.82, 2.24) is 5.32 Å². The van der Waals surface area contributed by atoms with Gasteiger partial charge in [0.25, 0.3) is 5.69 Å². The van der Waals surface area contributed by atoms with E-state index in [2.05, 4.69) is 5.32 Å². The average Bonchev–Trinajstić information content (AvgIpc) is 3.04. The first-order valence-electron chi connectivity index (χ1n) is 8.27. The van der Waals surface area contributed by atoms with Crippen LogP contribution in [0.5, 0.6) is 0 Å². The van der Waals surface area contributed by atoms with E-state index in [0.29, 0.717) is 6.54 Å². The molecule has 1 fully saturated rings. The largest absolute Gasteiger partial charge is 0.461 e. The second kappa shape index (κ2) is 8.62. The molecule has 0 aromatic heterocycles. The monoisotopic (exact) mass is 320 g/mol. The van der Waals surface area contributed by atoms with Crippen molar-refractivity contribution in [2.75, 3.05) is 0 Å². The van der Waals surface area contributed by atoms with Crippen molar-refractivity contribution in [3.05, 3.63) is 39.9 Å². The summed E-state index contributed by atoms with van der Waals surface area (Å²) in [6, 6.07) is 6.04. The third kappa shape index (κ3) is 5.32. The lowest BCUT2D eigenvalue weighted by molar-refractivity contribution is -0.384. The topological polar surface area (TPSA) is 81.5 Å². The number of carbonyl (C=O) groups is 1. The number of hydrogen-bond donors (Lipinski definition) is 1. The maximum Gasteiger partial charge on any atom is 0.323 e. The highest BCUT2D eigenvalue weighted by Crippen LogP contribution is 2.21. The first kappa shape index (κ1) is 17.4. The van der Waals surface area contributed by atoms with Crippen molar-refractivity contribution >= 4 is 11.7 Å². The smallest absolute Gasteiger partial charge is 0.323 e. The van der Waals surface area contributed by atoms with E-state index in [1.807, 2.05) is 6.92 Å². The van der Waals surface area contributed by atoms with E-state index >= 15 is 0 Å². The molecule has 0 bridgehead atoms. The Morgan fingerprint density at radius 1 is 1.35 bits per heavy atom. The van der Waals surface area contributed by atoms with Crippen molar-refractivity contribution in [3.63, 3.8) is 0 Å². The Labute approximate surface area is 136 Å². The SMILES string of the molecule is CCCC(NCc1ccc([N+](=O)[O-])cc1)C(=O)OC1CCCC1. The first-order valence-corrected chi connectivity index (χ1v) is 8.27. The number of esters is 1. The van der Waals surface area contributed by atoms with Crippen LogP contribution < -0.4 is 5.32 Å². The fourth-order valence-corrected chi connectivity index (χ4v) is 2.82. The maximum atomic E-state index is 12.3. The van der Waals surface area contributed by atoms with Gasteiger partial charge in [-0.15, -0.1) is 0 Å². The van der Waals surface area contributed by atoms with Gasteiger partial charge < -0.3 is 10.1 Å². The molecule has 1 N–H and O–H groups in total. The van der Waals surface area contributed by atoms with Crippen LogP contribution in [-0.4, -0.2) is 23.0 Å². The molecular formula is C17H24N2O4. The number of nitrogens with one attached hydrogen (secondary N) is 1. The second-order valence-corrected chi connectivity index (χ2v) is 5.99. The lowest BCUT2D eigenvalue weighted by Crippen LogP contribution is -2.39. The lowest BCUT2D eigenvalue weighted by atomic mass is 10.1. The van der Waals surface area contributed by atoms with Crippen molar-refractivity contribution < 1.29 is 14.5 Å². The molecule has 1 aliphatic carbocycles. The minimum absolute atomic E-state index is 0.0690. The van der Waals surface area contributed by atoms with Gasteiger partial charge in [0, 0.05) is 18.7 Å². The number of ether oxygens (including phenoxy) is 1. The number of benzene rings is 1. The molecular weight excluding hydrogens is 296 g/mol. The van der Waals surface area contributed by atoms with Crippen molar-refractivity contribution in [2.24, 2.45) is 0 Å². The summed E-state index contributed by atoms with van der Waals surface area (Å²) in [5.74, 6) is -0.180. The minimum atomic E-state index is -0.421. The Morgan fingerprint density at radius 3 is 2.57 bits per heavy atom. The Hall–Kier alpha value is -1.95. The first-order chi connectivity index (χ1) is 11.1. The van der Waals surface area contributed by atoms with Gasteiger partial charge in [-0.3, -0.25) is 14.9 Å². The highest BCUT2D eigenvalue weighted by molar-refractivity contribution is 5.76. The van der Waals surface area contributed by atoms with Gasteiger partial charge in [-0.1, -0.05) is 25.5 Å². The standard InChI is InChI=1S/C17H24N2O4/c1-2-5-16(17(20)23-15-6-3-4-7-15)18-12-13-8-10-14(11-9-13)19(21)22/h8-11,15-16,18H,2-7,12H2,1H3. The van der Waals surface area contributed by atoms with Gasteiger partial charge in [-0.25, -0.2) is 0 Å². The van der Waals surface area contributed by atoms with Crippen molar-refractivity contribution in [1.29, 1.82) is 0 Å². The zero-order valence-electron chi connectivity index (χ0n) is 13.5. The summed E-state index contributed by atoms with van der Waals surface area (Å²) < 4.78 is 5.57. The Kier molecular flexibility index (Phi) is 6.52. The number of non-ortho nitro benzene ring substituents is 1. The molecule has 23 heavy (non-hydrogen) atoms. The van der Waals surface area contributed by atoms with Gasteiger partial charge in [0.1, 0.15) is 12.1 Å². The van der Waals surface area contributed by atoms with E-state index in [1.54, 1.807) is 12.1 Å². The lowest BCUT2D eigenvalue weighted by Gasteiger charge is -2.20. The molecule has 0 amide bonds. The summed E-state index contributed by atoms with van der Waals surface area (Å²) in [6.07, 6.45) is 5.87. The summed E-state index contributed by atoms with van der Waals surface area (Å²) in [6.45, 7) is 2.52. The van der Waals surface area contributed by atoms with Gasteiger partial charge in [0.05, 0.1) is 4.92 Å². The molecule has 0 radical (unpaired) electrons. The quantitative estimate of drug-likeness (QED) is 0.451. The summed E-state index contributed by atoms with van der Waals surface area (Å²) in [4.78, 5) is 22.5. The molecule has 0 spiro atoms. The molecule has 6 heteroatoms. The summed E-state index contributed by atoms with van der Waals surface area (Å²) in [5, 5.41) is 13.9. The van der Waals surface area contributed by atoms with Gasteiger partial charge in [0.2, 0.25) is 0 Å². The van der Waals surface area contributed by atoms with Crippen molar-refractivity contribution in [2.45, 2.75) is 64.1 Å². The van der Waals surface area contributed by atoms with Gasteiger partial charge >= 0.3 is 5.97 Å². The van der Waals surface area contributed by atoms with Gasteiger partial charge in [0.15, 0.2) is 0 Å². The van der Waals surface area contributed by atoms with Crippen LogP contribution in [0.1, 0.15) is 51.0 Å². The number of nitro groups is 1. The van der Waals surface area contributed by atoms with Crippen LogP contribution in [0, 0.1) is 10.1 Å². The van der Waals surface area contributed by atoms with Crippen LogP contribution >= 0.6 is 0 Å². The molecule has 1 saturated carbocycles. The zero-order chi connectivity index (χ0) is 16.7. The fraction of sp³-hybridized carbons (Fsp3) is 0.588. The van der Waals surface area contributed by atoms with Crippen LogP contribution in [0.15, 0.2) is 24.3 Å². The number of nitrogens with zero attached hydrogens (tertiary/aromatic N) is 1. The molecule has 6 nitrogen and oxygen atoms in total. The summed E-state index contributed by atoms with van der Waals surface area (Å²) >= 11 is 0. The minimum Gasteiger partial charge on any atom is -0.461 e. The Bertz CT molecular complexity index is 524. The van der Waals surface area contributed by atoms with Crippen LogP contribution in [0.2, 0.25) is 0 Å². The molecule has 0 aliphatic heterocycles. The molecule has 0 saturated heterocycles. The third-order valence-electron chi connectivity index (χ3n) is 4.15. The fourth-order valence-electron chi connectivity index (χ4n) is 2.82. The molecule has 2 rings (SSSR count). The van der Waals surface area contributed by atoms with E-state index < -0.39 is 4.92 Å². The van der Waals surface area contributed by atoms with Crippen LogP contribution in [0.4, 0.5) is 5.69 Å². The van der Waals surface area contributed by atoms with E-state index in [4.69, 9.17) is 4.74 Å². The Morgan fingerprint density at radius 2 is 2.00 bits per heavy atom. The molecule has 1 aromatic carbocycles. The van der Waals surface area contributed by atoms with Crippen LogP contribution in [0.3, 0.4) is 0 Å². The van der Waals surface area contributed by atoms with E-state index in [9.17, 15) is 14.9 Å². The van der Waals surface area contributed by atoms with Gasteiger partial charge in [-0.05, 0) is 37.7 Å². The highest BCUT2D eigenvalue weighted by Gasteiger charge is 2.24. The van der Waals surface area contributed by atoms with E-state index in [0.717, 1.165) is 44.1 Å². The number of carbonyl (C=O) groups excluding carboxylic acids is 1. The predicted octanol–water partition coefficient (Wildman–Crippen LogP) is 3.34.